The topological polar surface area (TPSA) is 99.8 Å². The lowest BCUT2D eigenvalue weighted by atomic mass is 10.0. The molecule has 0 spiro atoms. The van der Waals surface area contributed by atoms with Gasteiger partial charge in [-0.05, 0) is 43.7 Å². The number of carboxylic acid groups (broad SMARTS) is 1. The van der Waals surface area contributed by atoms with Crippen molar-refractivity contribution in [3.63, 3.8) is 0 Å². The van der Waals surface area contributed by atoms with Gasteiger partial charge >= 0.3 is 5.97 Å². The summed E-state index contributed by atoms with van der Waals surface area (Å²) in [5.41, 5.74) is 3.38. The average Bonchev–Trinajstić information content (AvgIpc) is 3.06. The van der Waals surface area contributed by atoms with Gasteiger partial charge in [0.15, 0.2) is 0 Å². The van der Waals surface area contributed by atoms with Crippen LogP contribution in [0.15, 0.2) is 54.6 Å². The first-order valence-corrected chi connectivity index (χ1v) is 9.91. The molecule has 162 valence electrons. The van der Waals surface area contributed by atoms with Crippen LogP contribution < -0.4 is 0 Å². The van der Waals surface area contributed by atoms with E-state index in [0.717, 1.165) is 27.7 Å². The van der Waals surface area contributed by atoms with Crippen molar-refractivity contribution in [1.82, 2.24) is 4.57 Å². The Balaban J connectivity index is 2.08. The zero-order valence-electron chi connectivity index (χ0n) is 17.2. The summed E-state index contributed by atoms with van der Waals surface area (Å²) in [5.74, 6) is -3.46. The number of fused-ring (bicyclic) bond motifs is 1. The second-order valence-electron chi connectivity index (χ2n) is 7.60. The van der Waals surface area contributed by atoms with Gasteiger partial charge < -0.3 is 19.9 Å². The van der Waals surface area contributed by atoms with E-state index >= 15 is 0 Å². The van der Waals surface area contributed by atoms with Gasteiger partial charge in [0.1, 0.15) is 11.9 Å². The first-order valence-electron chi connectivity index (χ1n) is 9.91. The molecule has 6 nitrogen and oxygen atoms in total. The van der Waals surface area contributed by atoms with Crippen molar-refractivity contribution in [1.29, 1.82) is 0 Å². The van der Waals surface area contributed by atoms with Gasteiger partial charge in [0.2, 0.25) is 0 Å². The van der Waals surface area contributed by atoms with Crippen LogP contribution in [0.1, 0.15) is 32.0 Å². The standard InChI is InChI=1S/C24H24FNO5/c1-14(2)26-19-6-4-3-5-18(19)22(15-7-9-16(25)10-8-15)20(26)12-11-17(27)13-21(28)23(29)24(30)31/h3-12,14,17,21,27-28H,13H2,1-2H3,(H,30,31)/b12-11+/t17-,21-/m0/s1. The lowest BCUT2D eigenvalue weighted by Crippen LogP contribution is -2.31. The maximum atomic E-state index is 13.5. The summed E-state index contributed by atoms with van der Waals surface area (Å²) >= 11 is 0. The number of halogens is 1. The van der Waals surface area contributed by atoms with Gasteiger partial charge in [0.25, 0.3) is 5.78 Å². The van der Waals surface area contributed by atoms with Gasteiger partial charge in [-0.25, -0.2) is 9.18 Å². The van der Waals surface area contributed by atoms with Crippen LogP contribution in [-0.4, -0.2) is 43.8 Å². The molecule has 0 bridgehead atoms. The Morgan fingerprint density at radius 3 is 2.32 bits per heavy atom. The fraction of sp³-hybridized carbons (Fsp3) is 0.250. The highest BCUT2D eigenvalue weighted by atomic mass is 19.1. The molecule has 0 aliphatic carbocycles. The fourth-order valence-corrected chi connectivity index (χ4v) is 3.68. The van der Waals surface area contributed by atoms with Gasteiger partial charge in [-0.2, -0.15) is 0 Å². The molecule has 0 saturated carbocycles. The first-order chi connectivity index (χ1) is 14.7. The Kier molecular flexibility index (Phi) is 6.68. The largest absolute Gasteiger partial charge is 0.475 e. The highest BCUT2D eigenvalue weighted by molar-refractivity contribution is 6.34. The summed E-state index contributed by atoms with van der Waals surface area (Å²) in [6.07, 6.45) is -0.377. The lowest BCUT2D eigenvalue weighted by molar-refractivity contribution is -0.153. The molecule has 0 fully saturated rings. The number of hydrogen-bond donors (Lipinski definition) is 3. The van der Waals surface area contributed by atoms with Crippen molar-refractivity contribution in [3.05, 3.63) is 66.1 Å². The van der Waals surface area contributed by atoms with E-state index in [4.69, 9.17) is 5.11 Å². The third kappa shape index (κ3) is 4.73. The smallest absolute Gasteiger partial charge is 0.374 e. The second-order valence-corrected chi connectivity index (χ2v) is 7.60. The minimum Gasteiger partial charge on any atom is -0.475 e. The SMILES string of the molecule is CC(C)n1c(/C=C/[C@H](O)C[C@H](O)C(=O)C(=O)O)c(-c2ccc(F)cc2)c2ccccc21. The van der Waals surface area contributed by atoms with Crippen molar-refractivity contribution >= 4 is 28.7 Å². The number of rotatable bonds is 8. The first kappa shape index (κ1) is 22.4. The molecular formula is C24H24FNO5. The van der Waals surface area contributed by atoms with Gasteiger partial charge in [-0.15, -0.1) is 0 Å². The number of nitrogens with zero attached hydrogens (tertiary/aromatic N) is 1. The molecule has 0 amide bonds. The van der Waals surface area contributed by atoms with Crippen molar-refractivity contribution in [2.45, 2.75) is 38.5 Å². The van der Waals surface area contributed by atoms with Crippen molar-refractivity contribution in [3.8, 4) is 11.1 Å². The molecule has 0 radical (unpaired) electrons. The lowest BCUT2D eigenvalue weighted by Gasteiger charge is -2.15. The Labute approximate surface area is 178 Å². The Morgan fingerprint density at radius 2 is 1.71 bits per heavy atom. The predicted octanol–water partition coefficient (Wildman–Crippen LogP) is 3.81. The number of aromatic nitrogens is 1. The summed E-state index contributed by atoms with van der Waals surface area (Å²) in [7, 11) is 0. The molecule has 1 aromatic heterocycles. The summed E-state index contributed by atoms with van der Waals surface area (Å²) in [6, 6.07) is 14.0. The third-order valence-electron chi connectivity index (χ3n) is 5.05. The molecule has 3 aromatic rings. The molecule has 3 N–H and O–H groups in total. The maximum Gasteiger partial charge on any atom is 0.374 e. The number of carbonyl (C=O) groups excluding carboxylic acids is 1. The third-order valence-corrected chi connectivity index (χ3v) is 5.05. The van der Waals surface area contributed by atoms with E-state index in [0.29, 0.717) is 0 Å². The van der Waals surface area contributed by atoms with Crippen LogP contribution in [0.4, 0.5) is 4.39 Å². The molecule has 7 heteroatoms. The van der Waals surface area contributed by atoms with Crippen molar-refractivity contribution < 1.29 is 29.3 Å². The number of Topliss-reactive ketones (excluding diaryl/α,β-unsaturated/α-hetero) is 1. The van der Waals surface area contributed by atoms with Crippen LogP contribution >= 0.6 is 0 Å². The molecule has 31 heavy (non-hydrogen) atoms. The van der Waals surface area contributed by atoms with E-state index in [9.17, 15) is 24.2 Å². The van der Waals surface area contributed by atoms with E-state index in [2.05, 4.69) is 4.57 Å². The zero-order valence-corrected chi connectivity index (χ0v) is 17.2. The normalized spacial score (nSPS) is 13.7. The Bertz CT molecular complexity index is 1130. The number of aliphatic hydroxyl groups excluding tert-OH is 2. The summed E-state index contributed by atoms with van der Waals surface area (Å²) in [5, 5.41) is 29.6. The number of benzene rings is 2. The van der Waals surface area contributed by atoms with E-state index in [-0.39, 0.29) is 11.9 Å². The van der Waals surface area contributed by atoms with Crippen molar-refractivity contribution in [2.75, 3.05) is 0 Å². The van der Waals surface area contributed by atoms with Crippen LogP contribution in [0.5, 0.6) is 0 Å². The number of para-hydroxylation sites is 1. The maximum absolute atomic E-state index is 13.5. The molecule has 0 unspecified atom stereocenters. The molecular weight excluding hydrogens is 401 g/mol. The van der Waals surface area contributed by atoms with Gasteiger partial charge in [-0.1, -0.05) is 36.4 Å². The van der Waals surface area contributed by atoms with Gasteiger partial charge in [0, 0.05) is 34.6 Å². The van der Waals surface area contributed by atoms with Crippen LogP contribution in [0.3, 0.4) is 0 Å². The van der Waals surface area contributed by atoms with Gasteiger partial charge in [-0.3, -0.25) is 4.79 Å². The number of aliphatic carboxylic acids is 1. The van der Waals surface area contributed by atoms with E-state index in [1.165, 1.54) is 18.2 Å². The zero-order chi connectivity index (χ0) is 22.7. The second kappa shape index (κ2) is 9.24. The molecule has 0 aliphatic rings. The molecule has 2 aromatic carbocycles. The fourth-order valence-electron chi connectivity index (χ4n) is 3.68. The monoisotopic (exact) mass is 425 g/mol. The predicted molar refractivity (Wildman–Crippen MR) is 116 cm³/mol. The summed E-state index contributed by atoms with van der Waals surface area (Å²) < 4.78 is 15.6. The van der Waals surface area contributed by atoms with E-state index in [1.54, 1.807) is 18.2 Å². The number of carboxylic acids is 1. The van der Waals surface area contributed by atoms with Crippen molar-refractivity contribution in [2.24, 2.45) is 0 Å². The van der Waals surface area contributed by atoms with Crippen LogP contribution in [-0.2, 0) is 9.59 Å². The number of ketones is 1. The average molecular weight is 425 g/mol. The minimum atomic E-state index is -1.80. The Hall–Kier alpha value is -3.29. The number of aliphatic hydroxyl groups is 2. The number of carbonyl (C=O) groups is 2. The molecule has 2 atom stereocenters. The van der Waals surface area contributed by atoms with Crippen LogP contribution in [0, 0.1) is 5.82 Å². The van der Waals surface area contributed by atoms with Crippen LogP contribution in [0.25, 0.3) is 28.1 Å². The van der Waals surface area contributed by atoms with E-state index in [1.807, 2.05) is 38.1 Å². The van der Waals surface area contributed by atoms with Crippen LogP contribution in [0.2, 0.25) is 0 Å². The Morgan fingerprint density at radius 1 is 1.06 bits per heavy atom. The molecule has 0 aliphatic heterocycles. The summed E-state index contributed by atoms with van der Waals surface area (Å²) in [4.78, 5) is 22.1. The highest BCUT2D eigenvalue weighted by Gasteiger charge is 2.24. The molecule has 1 heterocycles. The molecule has 3 rings (SSSR count). The van der Waals surface area contributed by atoms with E-state index < -0.39 is 30.4 Å². The highest BCUT2D eigenvalue weighted by Crippen LogP contribution is 2.38. The minimum absolute atomic E-state index is 0.0649. The quantitative estimate of drug-likeness (QED) is 0.477. The summed E-state index contributed by atoms with van der Waals surface area (Å²) in [6.45, 7) is 4.04. The van der Waals surface area contributed by atoms with Gasteiger partial charge in [0.05, 0.1) is 6.10 Å². The number of hydrogen-bond acceptors (Lipinski definition) is 4. The molecule has 0 saturated heterocycles.